The summed E-state index contributed by atoms with van der Waals surface area (Å²) in [6, 6.07) is 18.8. The van der Waals surface area contributed by atoms with Gasteiger partial charge in [-0.2, -0.15) is 0 Å². The molecule has 0 aliphatic carbocycles. The van der Waals surface area contributed by atoms with Crippen LogP contribution in [0, 0.1) is 6.92 Å². The van der Waals surface area contributed by atoms with Gasteiger partial charge >= 0.3 is 0 Å². The molecule has 1 saturated heterocycles. The summed E-state index contributed by atoms with van der Waals surface area (Å²) in [6.45, 7) is 5.97. The van der Waals surface area contributed by atoms with E-state index in [2.05, 4.69) is 39.8 Å². The van der Waals surface area contributed by atoms with Crippen LogP contribution < -0.4 is 15.5 Å². The summed E-state index contributed by atoms with van der Waals surface area (Å²) in [7, 11) is 0. The van der Waals surface area contributed by atoms with Crippen molar-refractivity contribution in [1.82, 2.24) is 10.6 Å². The molecule has 0 bridgehead atoms. The number of carbonyl (C=O) groups is 2. The number of piperidine rings is 1. The molecule has 2 amide bonds. The molecule has 1 aliphatic rings. The Kier molecular flexibility index (Phi) is 7.48. The summed E-state index contributed by atoms with van der Waals surface area (Å²) in [5, 5.41) is 5.77. The summed E-state index contributed by atoms with van der Waals surface area (Å²) < 4.78 is 5.37. The monoisotopic (exact) mass is 457 g/mol. The van der Waals surface area contributed by atoms with E-state index < -0.39 is 0 Å². The van der Waals surface area contributed by atoms with E-state index in [0.717, 1.165) is 24.2 Å². The Balaban J connectivity index is 1.48. The van der Waals surface area contributed by atoms with Gasteiger partial charge in [0, 0.05) is 30.4 Å². The molecular weight excluding hydrogens is 426 g/mol. The third-order valence-electron chi connectivity index (χ3n) is 6.17. The number of benzene rings is 2. The van der Waals surface area contributed by atoms with Crippen LogP contribution in [0.1, 0.15) is 59.5 Å². The van der Waals surface area contributed by atoms with Gasteiger partial charge in [-0.05, 0) is 74.6 Å². The van der Waals surface area contributed by atoms with Gasteiger partial charge in [-0.15, -0.1) is 0 Å². The minimum absolute atomic E-state index is 0.125. The average molecular weight is 458 g/mol. The lowest BCUT2D eigenvalue weighted by Gasteiger charge is -2.29. The van der Waals surface area contributed by atoms with Gasteiger partial charge in [0.1, 0.15) is 11.5 Å². The molecule has 4 rings (SSSR count). The largest absolute Gasteiger partial charge is 0.465 e. The summed E-state index contributed by atoms with van der Waals surface area (Å²) in [5.41, 5.74) is 3.68. The summed E-state index contributed by atoms with van der Waals surface area (Å²) in [6.07, 6.45) is 6.82. The van der Waals surface area contributed by atoms with Crippen molar-refractivity contribution in [2.45, 2.75) is 39.2 Å². The first-order valence-electron chi connectivity index (χ1n) is 11.8. The second-order valence-corrected chi connectivity index (χ2v) is 8.68. The molecule has 1 fully saturated rings. The van der Waals surface area contributed by atoms with Gasteiger partial charge < -0.3 is 20.0 Å². The summed E-state index contributed by atoms with van der Waals surface area (Å²) in [5.74, 6) is -0.246. The SMILES string of the molecule is Cc1ccccc1C(=O)N/C(=C\c1ccco1)C(=O)N[C@H](C)c1ccc(N2CCCCC2)cc1. The summed E-state index contributed by atoms with van der Waals surface area (Å²) in [4.78, 5) is 28.5. The fourth-order valence-electron chi connectivity index (χ4n) is 4.18. The number of rotatable bonds is 7. The normalized spacial score (nSPS) is 15.0. The number of nitrogens with zero attached hydrogens (tertiary/aromatic N) is 1. The Morgan fingerprint density at radius 2 is 1.71 bits per heavy atom. The molecule has 6 heteroatoms. The van der Waals surface area contributed by atoms with Gasteiger partial charge in [0.15, 0.2) is 0 Å². The van der Waals surface area contributed by atoms with Crippen LogP contribution in [-0.4, -0.2) is 24.9 Å². The highest BCUT2D eigenvalue weighted by molar-refractivity contribution is 6.05. The van der Waals surface area contributed by atoms with E-state index in [1.807, 2.05) is 26.0 Å². The number of aryl methyl sites for hydroxylation is 1. The predicted octanol–water partition coefficient (Wildman–Crippen LogP) is 5.23. The molecule has 1 aromatic heterocycles. The van der Waals surface area contributed by atoms with Gasteiger partial charge in [-0.3, -0.25) is 9.59 Å². The van der Waals surface area contributed by atoms with E-state index in [0.29, 0.717) is 11.3 Å². The van der Waals surface area contributed by atoms with Gasteiger partial charge in [0.2, 0.25) is 0 Å². The zero-order chi connectivity index (χ0) is 23.9. The first kappa shape index (κ1) is 23.4. The minimum atomic E-state index is -0.383. The maximum Gasteiger partial charge on any atom is 0.268 e. The van der Waals surface area contributed by atoms with E-state index in [-0.39, 0.29) is 23.6 Å². The first-order chi connectivity index (χ1) is 16.5. The van der Waals surface area contributed by atoms with Crippen LogP contribution in [0.25, 0.3) is 6.08 Å². The Labute approximate surface area is 200 Å². The first-order valence-corrected chi connectivity index (χ1v) is 11.8. The minimum Gasteiger partial charge on any atom is -0.465 e. The fourth-order valence-corrected chi connectivity index (χ4v) is 4.18. The van der Waals surface area contributed by atoms with Crippen LogP contribution in [0.5, 0.6) is 0 Å². The third kappa shape index (κ3) is 5.76. The zero-order valence-corrected chi connectivity index (χ0v) is 19.7. The maximum absolute atomic E-state index is 13.2. The van der Waals surface area contributed by atoms with Gasteiger partial charge in [-0.25, -0.2) is 0 Å². The van der Waals surface area contributed by atoms with Gasteiger partial charge in [0.25, 0.3) is 11.8 Å². The van der Waals surface area contributed by atoms with Crippen LogP contribution >= 0.6 is 0 Å². The molecule has 1 aliphatic heterocycles. The lowest BCUT2D eigenvalue weighted by Crippen LogP contribution is -2.36. The van der Waals surface area contributed by atoms with E-state index in [1.54, 1.807) is 24.3 Å². The molecule has 176 valence electrons. The molecule has 0 saturated carbocycles. The molecule has 1 atom stereocenters. The van der Waals surface area contributed by atoms with Crippen molar-refractivity contribution < 1.29 is 14.0 Å². The van der Waals surface area contributed by atoms with Crippen LogP contribution in [0.2, 0.25) is 0 Å². The number of carbonyl (C=O) groups excluding carboxylic acids is 2. The number of amides is 2. The quantitative estimate of drug-likeness (QED) is 0.477. The Morgan fingerprint density at radius 1 is 0.971 bits per heavy atom. The van der Waals surface area contributed by atoms with Crippen molar-refractivity contribution in [3.63, 3.8) is 0 Å². The molecule has 3 aromatic rings. The molecule has 0 unspecified atom stereocenters. The highest BCUT2D eigenvalue weighted by Crippen LogP contribution is 2.23. The fraction of sp³-hybridized carbons (Fsp3) is 0.286. The van der Waals surface area contributed by atoms with Crippen LogP contribution in [0.3, 0.4) is 0 Å². The van der Waals surface area contributed by atoms with E-state index >= 15 is 0 Å². The third-order valence-corrected chi connectivity index (χ3v) is 6.17. The molecule has 34 heavy (non-hydrogen) atoms. The van der Waals surface area contributed by atoms with Crippen molar-refractivity contribution in [3.05, 3.63) is 95.1 Å². The molecule has 2 aromatic carbocycles. The molecule has 0 spiro atoms. The molecule has 0 radical (unpaired) electrons. The van der Waals surface area contributed by atoms with Gasteiger partial charge in [-0.1, -0.05) is 30.3 Å². The van der Waals surface area contributed by atoms with E-state index in [9.17, 15) is 9.59 Å². The lowest BCUT2D eigenvalue weighted by molar-refractivity contribution is -0.118. The molecular formula is C28H31N3O3. The van der Waals surface area contributed by atoms with Crippen LogP contribution in [0.4, 0.5) is 5.69 Å². The van der Waals surface area contributed by atoms with Crippen molar-refractivity contribution >= 4 is 23.6 Å². The highest BCUT2D eigenvalue weighted by Gasteiger charge is 2.19. The van der Waals surface area contributed by atoms with Crippen molar-refractivity contribution in [2.24, 2.45) is 0 Å². The Hall–Kier alpha value is -3.80. The standard InChI is InChI=1S/C28H31N3O3/c1-20-9-4-5-11-25(20)27(32)30-26(19-24-10-8-18-34-24)28(33)29-21(2)22-12-14-23(15-13-22)31-16-6-3-7-17-31/h4-5,8-15,18-19,21H,3,6-7,16-17H2,1-2H3,(H,29,33)(H,30,32)/b26-19-/t21-/m1/s1. The number of furan rings is 1. The van der Waals surface area contributed by atoms with Crippen molar-refractivity contribution in [2.75, 3.05) is 18.0 Å². The van der Waals surface area contributed by atoms with Crippen molar-refractivity contribution in [1.29, 1.82) is 0 Å². The van der Waals surface area contributed by atoms with Gasteiger partial charge in [0.05, 0.1) is 12.3 Å². The predicted molar refractivity (Wildman–Crippen MR) is 134 cm³/mol. The smallest absolute Gasteiger partial charge is 0.268 e. The Morgan fingerprint density at radius 3 is 2.38 bits per heavy atom. The average Bonchev–Trinajstić information content (AvgIpc) is 3.37. The lowest BCUT2D eigenvalue weighted by atomic mass is 10.1. The zero-order valence-electron chi connectivity index (χ0n) is 19.7. The maximum atomic E-state index is 13.2. The van der Waals surface area contributed by atoms with E-state index in [4.69, 9.17) is 4.42 Å². The molecule has 6 nitrogen and oxygen atoms in total. The van der Waals surface area contributed by atoms with Crippen LogP contribution in [-0.2, 0) is 4.79 Å². The topological polar surface area (TPSA) is 74.6 Å². The number of hydrogen-bond donors (Lipinski definition) is 2. The number of hydrogen-bond acceptors (Lipinski definition) is 4. The molecule has 2 N–H and O–H groups in total. The Bertz CT molecular complexity index is 1140. The molecule has 2 heterocycles. The number of nitrogens with one attached hydrogen (secondary N) is 2. The van der Waals surface area contributed by atoms with Crippen molar-refractivity contribution in [3.8, 4) is 0 Å². The van der Waals surface area contributed by atoms with E-state index in [1.165, 1.54) is 37.3 Å². The second-order valence-electron chi connectivity index (χ2n) is 8.68. The highest BCUT2D eigenvalue weighted by atomic mass is 16.3. The second kappa shape index (κ2) is 10.9. The van der Waals surface area contributed by atoms with Crippen LogP contribution in [0.15, 0.2) is 77.0 Å². The summed E-state index contributed by atoms with van der Waals surface area (Å²) >= 11 is 0. The number of anilines is 1.